The lowest BCUT2D eigenvalue weighted by atomic mass is 9.79. The summed E-state index contributed by atoms with van der Waals surface area (Å²) in [4.78, 5) is 25.7. The van der Waals surface area contributed by atoms with Gasteiger partial charge in [0, 0.05) is 26.1 Å². The van der Waals surface area contributed by atoms with Crippen molar-refractivity contribution in [1.82, 2.24) is 25.2 Å². The Balaban J connectivity index is 1.66. The molecule has 1 saturated carbocycles. The van der Waals surface area contributed by atoms with E-state index in [1.54, 1.807) is 26.2 Å². The van der Waals surface area contributed by atoms with Crippen molar-refractivity contribution in [3.8, 4) is 0 Å². The molecule has 1 aromatic carbocycles. The third kappa shape index (κ3) is 4.32. The monoisotopic (exact) mass is 373 g/mol. The van der Waals surface area contributed by atoms with Gasteiger partial charge in [0.1, 0.15) is 12.4 Å². The maximum absolute atomic E-state index is 13.3. The molecule has 0 spiro atoms. The number of benzene rings is 1. The number of aromatic nitrogens is 3. The van der Waals surface area contributed by atoms with E-state index in [1.807, 2.05) is 0 Å². The minimum Gasteiger partial charge on any atom is -0.350 e. The average molecular weight is 373 g/mol. The van der Waals surface area contributed by atoms with Gasteiger partial charge >= 0.3 is 0 Å². The first-order valence-corrected chi connectivity index (χ1v) is 9.04. The molecule has 0 unspecified atom stereocenters. The standard InChI is InChI=1S/C19H24FN5O2/c1-24(2)17(26)12-25-11-16(22-23-25)18(27)21-13-19(9-3-4-10-19)14-5-7-15(20)8-6-14/h5-8,11H,3-4,9-10,12-13H2,1-2H3,(H,21,27). The largest absolute Gasteiger partial charge is 0.350 e. The lowest BCUT2D eigenvalue weighted by Crippen LogP contribution is -2.39. The molecule has 0 aliphatic heterocycles. The van der Waals surface area contributed by atoms with Gasteiger partial charge in [-0.2, -0.15) is 0 Å². The molecule has 1 N–H and O–H groups in total. The van der Waals surface area contributed by atoms with Crippen LogP contribution in [-0.4, -0.2) is 52.3 Å². The molecule has 144 valence electrons. The molecule has 1 fully saturated rings. The number of amides is 2. The van der Waals surface area contributed by atoms with Gasteiger partial charge in [0.2, 0.25) is 5.91 Å². The van der Waals surface area contributed by atoms with Crippen molar-refractivity contribution >= 4 is 11.8 Å². The minimum atomic E-state index is -0.327. The van der Waals surface area contributed by atoms with Gasteiger partial charge in [0.25, 0.3) is 5.91 Å². The molecule has 0 bridgehead atoms. The number of nitrogens with one attached hydrogen (secondary N) is 1. The molecule has 8 heteroatoms. The lowest BCUT2D eigenvalue weighted by Gasteiger charge is -2.29. The third-order valence-corrected chi connectivity index (χ3v) is 5.17. The average Bonchev–Trinajstić information content (AvgIpc) is 3.30. The van der Waals surface area contributed by atoms with E-state index in [2.05, 4.69) is 15.6 Å². The van der Waals surface area contributed by atoms with E-state index in [0.717, 1.165) is 31.2 Å². The van der Waals surface area contributed by atoms with Gasteiger partial charge < -0.3 is 10.2 Å². The van der Waals surface area contributed by atoms with Gasteiger partial charge in [-0.1, -0.05) is 30.2 Å². The Labute approximate surface area is 157 Å². The Morgan fingerprint density at radius 1 is 1.22 bits per heavy atom. The smallest absolute Gasteiger partial charge is 0.273 e. The Hall–Kier alpha value is -2.77. The Bertz CT molecular complexity index is 810. The maximum atomic E-state index is 13.3. The first kappa shape index (κ1) is 19.0. The molecule has 1 aliphatic rings. The van der Waals surface area contributed by atoms with Gasteiger partial charge in [-0.05, 0) is 30.5 Å². The van der Waals surface area contributed by atoms with E-state index in [-0.39, 0.29) is 35.3 Å². The fourth-order valence-electron chi connectivity index (χ4n) is 3.52. The first-order chi connectivity index (χ1) is 12.9. The van der Waals surface area contributed by atoms with Crippen LogP contribution < -0.4 is 5.32 Å². The summed E-state index contributed by atoms with van der Waals surface area (Å²) >= 11 is 0. The Morgan fingerprint density at radius 2 is 1.89 bits per heavy atom. The highest BCUT2D eigenvalue weighted by Gasteiger charge is 2.36. The number of halogens is 1. The van der Waals surface area contributed by atoms with Crippen LogP contribution in [0.25, 0.3) is 0 Å². The molecule has 3 rings (SSSR count). The van der Waals surface area contributed by atoms with Gasteiger partial charge in [0.05, 0.1) is 6.20 Å². The molecular formula is C19H24FN5O2. The fourth-order valence-corrected chi connectivity index (χ4v) is 3.52. The normalized spacial score (nSPS) is 15.5. The zero-order valence-electron chi connectivity index (χ0n) is 15.6. The molecular weight excluding hydrogens is 349 g/mol. The van der Waals surface area contributed by atoms with Crippen molar-refractivity contribution < 1.29 is 14.0 Å². The predicted molar refractivity (Wildman–Crippen MR) is 97.6 cm³/mol. The van der Waals surface area contributed by atoms with Crippen LogP contribution in [-0.2, 0) is 16.8 Å². The van der Waals surface area contributed by atoms with E-state index in [0.29, 0.717) is 6.54 Å². The molecule has 0 radical (unpaired) electrons. The van der Waals surface area contributed by atoms with Crippen molar-refractivity contribution in [2.45, 2.75) is 37.6 Å². The second-order valence-corrected chi connectivity index (χ2v) is 7.27. The lowest BCUT2D eigenvalue weighted by molar-refractivity contribution is -0.129. The number of carbonyl (C=O) groups excluding carboxylic acids is 2. The van der Waals surface area contributed by atoms with Crippen molar-refractivity contribution in [3.63, 3.8) is 0 Å². The summed E-state index contributed by atoms with van der Waals surface area (Å²) in [5, 5.41) is 10.6. The highest BCUT2D eigenvalue weighted by Crippen LogP contribution is 2.40. The molecule has 0 atom stereocenters. The quantitative estimate of drug-likeness (QED) is 0.837. The number of hydrogen-bond acceptors (Lipinski definition) is 4. The van der Waals surface area contributed by atoms with Crippen LogP contribution in [0.5, 0.6) is 0 Å². The van der Waals surface area contributed by atoms with Crippen LogP contribution in [0.15, 0.2) is 30.5 Å². The SMILES string of the molecule is CN(C)C(=O)Cn1cc(C(=O)NCC2(c3ccc(F)cc3)CCCC2)nn1. The van der Waals surface area contributed by atoms with Crippen LogP contribution in [0.3, 0.4) is 0 Å². The maximum Gasteiger partial charge on any atom is 0.273 e. The zero-order chi connectivity index (χ0) is 19.4. The number of carbonyl (C=O) groups is 2. The van der Waals surface area contributed by atoms with Gasteiger partial charge in [-0.15, -0.1) is 5.10 Å². The van der Waals surface area contributed by atoms with Crippen LogP contribution in [0.2, 0.25) is 0 Å². The second kappa shape index (κ2) is 7.85. The number of likely N-dealkylation sites (N-methyl/N-ethyl adjacent to an activating group) is 1. The molecule has 1 aromatic heterocycles. The number of nitrogens with zero attached hydrogens (tertiary/aromatic N) is 4. The van der Waals surface area contributed by atoms with Crippen LogP contribution in [0.4, 0.5) is 4.39 Å². The van der Waals surface area contributed by atoms with Crippen LogP contribution in [0.1, 0.15) is 41.7 Å². The molecule has 2 aromatic rings. The van der Waals surface area contributed by atoms with E-state index in [1.165, 1.54) is 27.9 Å². The minimum absolute atomic E-state index is 0.0345. The van der Waals surface area contributed by atoms with Gasteiger partial charge in [-0.25, -0.2) is 9.07 Å². The molecule has 0 saturated heterocycles. The van der Waals surface area contributed by atoms with Crippen LogP contribution in [0, 0.1) is 5.82 Å². The molecule has 1 heterocycles. The summed E-state index contributed by atoms with van der Waals surface area (Å²) in [7, 11) is 3.31. The predicted octanol–water partition coefficient (Wildman–Crippen LogP) is 1.75. The summed E-state index contributed by atoms with van der Waals surface area (Å²) in [6.07, 6.45) is 5.52. The van der Waals surface area contributed by atoms with E-state index in [4.69, 9.17) is 0 Å². The molecule has 7 nitrogen and oxygen atoms in total. The molecule has 2 amide bonds. The summed E-state index contributed by atoms with van der Waals surface area (Å²) in [6.45, 7) is 0.494. The summed E-state index contributed by atoms with van der Waals surface area (Å²) < 4.78 is 14.6. The second-order valence-electron chi connectivity index (χ2n) is 7.27. The van der Waals surface area contributed by atoms with E-state index in [9.17, 15) is 14.0 Å². The summed E-state index contributed by atoms with van der Waals surface area (Å²) in [5.74, 6) is -0.722. The van der Waals surface area contributed by atoms with Crippen molar-refractivity contribution in [2.24, 2.45) is 0 Å². The van der Waals surface area contributed by atoms with Gasteiger partial charge in [0.15, 0.2) is 5.69 Å². The van der Waals surface area contributed by atoms with Crippen molar-refractivity contribution in [1.29, 1.82) is 0 Å². The van der Waals surface area contributed by atoms with E-state index < -0.39 is 0 Å². The zero-order valence-corrected chi connectivity index (χ0v) is 15.6. The van der Waals surface area contributed by atoms with Gasteiger partial charge in [-0.3, -0.25) is 9.59 Å². The Morgan fingerprint density at radius 3 is 2.52 bits per heavy atom. The number of hydrogen-bond donors (Lipinski definition) is 1. The highest BCUT2D eigenvalue weighted by molar-refractivity contribution is 5.92. The number of rotatable bonds is 6. The third-order valence-electron chi connectivity index (χ3n) is 5.17. The fraction of sp³-hybridized carbons (Fsp3) is 0.474. The van der Waals surface area contributed by atoms with Crippen LogP contribution >= 0.6 is 0 Å². The van der Waals surface area contributed by atoms with Crippen molar-refractivity contribution in [2.75, 3.05) is 20.6 Å². The molecule has 1 aliphatic carbocycles. The Kier molecular flexibility index (Phi) is 5.53. The highest BCUT2D eigenvalue weighted by atomic mass is 19.1. The van der Waals surface area contributed by atoms with Crippen molar-refractivity contribution in [3.05, 3.63) is 47.5 Å². The topological polar surface area (TPSA) is 80.1 Å². The summed E-state index contributed by atoms with van der Waals surface area (Å²) in [6, 6.07) is 6.53. The molecule has 27 heavy (non-hydrogen) atoms. The van der Waals surface area contributed by atoms with E-state index >= 15 is 0 Å². The summed E-state index contributed by atoms with van der Waals surface area (Å²) in [5.41, 5.74) is 1.04. The first-order valence-electron chi connectivity index (χ1n) is 9.04.